The highest BCUT2D eigenvalue weighted by Gasteiger charge is 2.27. The van der Waals surface area contributed by atoms with Gasteiger partial charge in [0.05, 0.1) is 12.2 Å². The molecule has 0 bridgehead atoms. The summed E-state index contributed by atoms with van der Waals surface area (Å²) in [5.74, 6) is 0.821. The van der Waals surface area contributed by atoms with Crippen molar-refractivity contribution in [2.24, 2.45) is 5.41 Å². The van der Waals surface area contributed by atoms with E-state index in [0.29, 0.717) is 12.1 Å². The first-order chi connectivity index (χ1) is 13.2. The summed E-state index contributed by atoms with van der Waals surface area (Å²) in [6.07, 6.45) is 4.81. The first-order valence-corrected chi connectivity index (χ1v) is 10.3. The summed E-state index contributed by atoms with van der Waals surface area (Å²) in [7, 11) is 0. The first kappa shape index (κ1) is 20.5. The molecule has 2 aromatic rings. The number of aryl methyl sites for hydroxylation is 1. The number of hydrogen-bond acceptors (Lipinski definition) is 4. The third-order valence-electron chi connectivity index (χ3n) is 5.51. The minimum Gasteiger partial charge on any atom is -0.310 e. The van der Waals surface area contributed by atoms with Crippen LogP contribution in [0.25, 0.3) is 0 Å². The number of nitrogens with zero attached hydrogens (tertiary/aromatic N) is 4. The Bertz CT molecular complexity index is 799. The van der Waals surface area contributed by atoms with Crippen molar-refractivity contribution in [2.75, 3.05) is 18.4 Å². The molecule has 0 spiro atoms. The highest BCUT2D eigenvalue weighted by atomic mass is 16.2. The molecule has 152 valence electrons. The summed E-state index contributed by atoms with van der Waals surface area (Å²) < 4.78 is 1.99. The molecule has 1 aliphatic rings. The van der Waals surface area contributed by atoms with Crippen molar-refractivity contribution in [1.82, 2.24) is 19.7 Å². The van der Waals surface area contributed by atoms with E-state index >= 15 is 0 Å². The van der Waals surface area contributed by atoms with Gasteiger partial charge in [0.25, 0.3) is 0 Å². The molecule has 6 nitrogen and oxygen atoms in total. The highest BCUT2D eigenvalue weighted by molar-refractivity contribution is 5.93. The molecule has 1 N–H and O–H groups in total. The molecule has 1 fully saturated rings. The molecule has 1 aliphatic heterocycles. The molecule has 0 aromatic carbocycles. The number of carbonyl (C=O) groups is 1. The molecule has 28 heavy (non-hydrogen) atoms. The van der Waals surface area contributed by atoms with E-state index < -0.39 is 5.41 Å². The third kappa shape index (κ3) is 4.98. The van der Waals surface area contributed by atoms with Crippen molar-refractivity contribution in [2.45, 2.75) is 66.0 Å². The van der Waals surface area contributed by atoms with E-state index in [2.05, 4.69) is 39.4 Å². The van der Waals surface area contributed by atoms with Gasteiger partial charge in [0.15, 0.2) is 0 Å². The van der Waals surface area contributed by atoms with Gasteiger partial charge in [-0.3, -0.25) is 9.78 Å². The Kier molecular flexibility index (Phi) is 6.18. The standard InChI is InChI=1S/C22H33N5O/c1-16-7-6-8-18(24-16)15-17(2)26-13-10-19(11-14-26)27-20(9-12-23-27)25-21(28)22(3,4)5/h6-9,12,17,19H,10-11,13-15H2,1-5H3,(H,25,28)/t17-/m1/s1. The zero-order chi connectivity index (χ0) is 20.3. The molecule has 2 aromatic heterocycles. The lowest BCUT2D eigenvalue weighted by atomic mass is 9.96. The van der Waals surface area contributed by atoms with Crippen molar-refractivity contribution < 1.29 is 4.79 Å². The van der Waals surface area contributed by atoms with Crippen molar-refractivity contribution in [3.63, 3.8) is 0 Å². The average molecular weight is 384 g/mol. The summed E-state index contributed by atoms with van der Waals surface area (Å²) in [5, 5.41) is 7.54. The average Bonchev–Trinajstić information content (AvgIpc) is 3.09. The molecule has 1 amide bonds. The maximum atomic E-state index is 12.3. The number of carbonyl (C=O) groups excluding carboxylic acids is 1. The van der Waals surface area contributed by atoms with Crippen molar-refractivity contribution in [3.05, 3.63) is 41.9 Å². The molecule has 6 heteroatoms. The summed E-state index contributed by atoms with van der Waals surface area (Å²) in [4.78, 5) is 19.5. The number of rotatable bonds is 5. The van der Waals surface area contributed by atoms with Gasteiger partial charge in [-0.2, -0.15) is 5.10 Å². The van der Waals surface area contributed by atoms with Crippen molar-refractivity contribution in [3.8, 4) is 0 Å². The van der Waals surface area contributed by atoms with Crippen LogP contribution < -0.4 is 5.32 Å². The van der Waals surface area contributed by atoms with Crippen LogP contribution in [0.1, 0.15) is 58.0 Å². The van der Waals surface area contributed by atoms with Gasteiger partial charge in [0.1, 0.15) is 5.82 Å². The molecule has 0 radical (unpaired) electrons. The number of likely N-dealkylation sites (tertiary alicyclic amines) is 1. The largest absolute Gasteiger partial charge is 0.310 e. The van der Waals surface area contributed by atoms with E-state index in [9.17, 15) is 4.79 Å². The highest BCUT2D eigenvalue weighted by Crippen LogP contribution is 2.27. The second-order valence-corrected chi connectivity index (χ2v) is 8.96. The molecule has 1 atom stereocenters. The maximum absolute atomic E-state index is 12.3. The topological polar surface area (TPSA) is 63.1 Å². The van der Waals surface area contributed by atoms with Crippen LogP contribution in [0.5, 0.6) is 0 Å². The Balaban J connectivity index is 1.57. The van der Waals surface area contributed by atoms with Gasteiger partial charge in [0, 0.05) is 48.4 Å². The van der Waals surface area contributed by atoms with Crippen LogP contribution in [0.15, 0.2) is 30.5 Å². The normalized spacial score (nSPS) is 17.5. The van der Waals surface area contributed by atoms with Crippen LogP contribution in [0, 0.1) is 12.3 Å². The third-order valence-corrected chi connectivity index (χ3v) is 5.51. The minimum absolute atomic E-state index is 0.0194. The Labute approximate surface area is 168 Å². The lowest BCUT2D eigenvalue weighted by Gasteiger charge is -2.36. The Morgan fingerprint density at radius 2 is 1.96 bits per heavy atom. The van der Waals surface area contributed by atoms with Gasteiger partial charge in [-0.1, -0.05) is 26.8 Å². The van der Waals surface area contributed by atoms with Gasteiger partial charge in [-0.05, 0) is 38.8 Å². The van der Waals surface area contributed by atoms with E-state index in [-0.39, 0.29) is 5.91 Å². The number of piperidine rings is 1. The lowest BCUT2D eigenvalue weighted by Crippen LogP contribution is -2.42. The van der Waals surface area contributed by atoms with Gasteiger partial charge in [0.2, 0.25) is 5.91 Å². The molecule has 1 saturated heterocycles. The molecule has 0 unspecified atom stereocenters. The quantitative estimate of drug-likeness (QED) is 0.852. The van der Waals surface area contributed by atoms with E-state index in [1.54, 1.807) is 6.20 Å². The van der Waals surface area contributed by atoms with E-state index in [1.165, 1.54) is 0 Å². The van der Waals surface area contributed by atoms with Gasteiger partial charge in [-0.15, -0.1) is 0 Å². The van der Waals surface area contributed by atoms with Crippen molar-refractivity contribution in [1.29, 1.82) is 0 Å². The smallest absolute Gasteiger partial charge is 0.230 e. The fourth-order valence-electron chi connectivity index (χ4n) is 3.72. The van der Waals surface area contributed by atoms with Crippen LogP contribution >= 0.6 is 0 Å². The summed E-state index contributed by atoms with van der Waals surface area (Å²) in [6, 6.07) is 8.92. The summed E-state index contributed by atoms with van der Waals surface area (Å²) in [5.41, 5.74) is 1.82. The summed E-state index contributed by atoms with van der Waals surface area (Å²) >= 11 is 0. The van der Waals surface area contributed by atoms with Gasteiger partial charge < -0.3 is 10.2 Å². The zero-order valence-corrected chi connectivity index (χ0v) is 17.8. The van der Waals surface area contributed by atoms with Gasteiger partial charge >= 0.3 is 0 Å². The second-order valence-electron chi connectivity index (χ2n) is 8.96. The Morgan fingerprint density at radius 3 is 2.61 bits per heavy atom. The van der Waals surface area contributed by atoms with E-state index in [0.717, 1.165) is 49.6 Å². The second kappa shape index (κ2) is 8.43. The number of anilines is 1. The number of hydrogen-bond donors (Lipinski definition) is 1. The monoisotopic (exact) mass is 383 g/mol. The fraction of sp³-hybridized carbons (Fsp3) is 0.591. The first-order valence-electron chi connectivity index (χ1n) is 10.3. The molecular formula is C22H33N5O. The molecule has 3 heterocycles. The van der Waals surface area contributed by atoms with E-state index in [1.807, 2.05) is 44.5 Å². The minimum atomic E-state index is -0.419. The molecule has 0 aliphatic carbocycles. The predicted molar refractivity (Wildman–Crippen MR) is 112 cm³/mol. The lowest BCUT2D eigenvalue weighted by molar-refractivity contribution is -0.123. The van der Waals surface area contributed by atoms with Crippen LogP contribution in [-0.4, -0.2) is 44.7 Å². The number of nitrogens with one attached hydrogen (secondary N) is 1. The fourth-order valence-corrected chi connectivity index (χ4v) is 3.72. The van der Waals surface area contributed by atoms with Crippen molar-refractivity contribution >= 4 is 11.7 Å². The Hall–Kier alpha value is -2.21. The SMILES string of the molecule is Cc1cccc(C[C@@H](C)N2CCC(n3nccc3NC(=O)C(C)(C)C)CC2)n1. The molecule has 3 rings (SSSR count). The number of aromatic nitrogens is 3. The van der Waals surface area contributed by atoms with Crippen LogP contribution in [0.2, 0.25) is 0 Å². The maximum Gasteiger partial charge on any atom is 0.230 e. The van der Waals surface area contributed by atoms with Crippen LogP contribution in [-0.2, 0) is 11.2 Å². The van der Waals surface area contributed by atoms with E-state index in [4.69, 9.17) is 0 Å². The number of amides is 1. The van der Waals surface area contributed by atoms with Crippen LogP contribution in [0.4, 0.5) is 5.82 Å². The Morgan fingerprint density at radius 1 is 1.25 bits per heavy atom. The summed E-state index contributed by atoms with van der Waals surface area (Å²) in [6.45, 7) is 12.2. The van der Waals surface area contributed by atoms with Crippen LogP contribution in [0.3, 0.4) is 0 Å². The zero-order valence-electron chi connectivity index (χ0n) is 17.8. The van der Waals surface area contributed by atoms with Gasteiger partial charge in [-0.25, -0.2) is 4.68 Å². The molecule has 0 saturated carbocycles. The number of pyridine rings is 1. The molecular weight excluding hydrogens is 350 g/mol. The predicted octanol–water partition coefficient (Wildman–Crippen LogP) is 3.84.